The van der Waals surface area contributed by atoms with Gasteiger partial charge < -0.3 is 10.4 Å². The van der Waals surface area contributed by atoms with Crippen molar-refractivity contribution < 1.29 is 19.1 Å². The third-order valence-corrected chi connectivity index (χ3v) is 3.59. The summed E-state index contributed by atoms with van der Waals surface area (Å²) in [5.41, 5.74) is 2.00. The molecule has 1 aromatic carbocycles. The molecule has 2 aromatic rings. The van der Waals surface area contributed by atoms with Gasteiger partial charge in [-0.1, -0.05) is 17.7 Å². The van der Waals surface area contributed by atoms with E-state index in [9.17, 15) is 14.0 Å². The highest BCUT2D eigenvalue weighted by Crippen LogP contribution is 2.23. The van der Waals surface area contributed by atoms with Crippen LogP contribution in [0.2, 0.25) is 5.02 Å². The molecule has 0 radical (unpaired) electrons. The fourth-order valence-electron chi connectivity index (χ4n) is 1.71. The molecule has 0 saturated heterocycles. The number of rotatable bonds is 5. The fourth-order valence-corrected chi connectivity index (χ4v) is 2.36. The molecule has 110 valence electrons. The van der Waals surface area contributed by atoms with Crippen molar-refractivity contribution in [3.63, 3.8) is 0 Å². The van der Waals surface area contributed by atoms with E-state index in [0.29, 0.717) is 5.56 Å². The van der Waals surface area contributed by atoms with Crippen molar-refractivity contribution in [1.29, 1.82) is 0 Å². The highest BCUT2D eigenvalue weighted by molar-refractivity contribution is 7.07. The summed E-state index contributed by atoms with van der Waals surface area (Å²) in [7, 11) is 0. The molecule has 0 spiro atoms. The lowest BCUT2D eigenvalue weighted by Crippen LogP contribution is -2.30. The minimum absolute atomic E-state index is 0.0707. The van der Waals surface area contributed by atoms with Crippen molar-refractivity contribution in [2.24, 2.45) is 0 Å². The van der Waals surface area contributed by atoms with Crippen molar-refractivity contribution in [3.8, 4) is 0 Å². The molecular formula is C13H10ClFN2O3S. The number of hydrogen-bond donors (Lipinski definition) is 2. The number of carbonyl (C=O) groups excluding carboxylic acids is 1. The molecule has 0 aliphatic carbocycles. The molecule has 5 nitrogen and oxygen atoms in total. The van der Waals surface area contributed by atoms with Crippen molar-refractivity contribution >= 4 is 34.8 Å². The monoisotopic (exact) mass is 328 g/mol. The van der Waals surface area contributed by atoms with E-state index in [1.54, 1.807) is 0 Å². The Hall–Kier alpha value is -1.99. The summed E-state index contributed by atoms with van der Waals surface area (Å²) < 4.78 is 13.5. The molecular weight excluding hydrogens is 319 g/mol. The number of hydrogen-bond acceptors (Lipinski definition) is 4. The van der Waals surface area contributed by atoms with Gasteiger partial charge in [0.15, 0.2) is 0 Å². The number of amides is 1. The summed E-state index contributed by atoms with van der Waals surface area (Å²) in [5.74, 6) is -2.31. The topological polar surface area (TPSA) is 79.3 Å². The lowest BCUT2D eigenvalue weighted by atomic mass is 10.0. The lowest BCUT2D eigenvalue weighted by Gasteiger charge is -2.17. The molecule has 0 saturated carbocycles. The summed E-state index contributed by atoms with van der Waals surface area (Å²) in [6, 6.07) is 3.02. The van der Waals surface area contributed by atoms with Gasteiger partial charge in [0.05, 0.1) is 23.0 Å². The van der Waals surface area contributed by atoms with Gasteiger partial charge in [-0.2, -0.15) is 0 Å². The Morgan fingerprint density at radius 1 is 1.48 bits per heavy atom. The van der Waals surface area contributed by atoms with Crippen molar-refractivity contribution in [2.75, 3.05) is 0 Å². The zero-order chi connectivity index (χ0) is 15.4. The molecule has 21 heavy (non-hydrogen) atoms. The quantitative estimate of drug-likeness (QED) is 0.884. The van der Waals surface area contributed by atoms with Gasteiger partial charge in [0.1, 0.15) is 11.5 Å². The predicted octanol–water partition coefficient (Wildman–Crippen LogP) is 2.88. The number of carboxylic acid groups (broad SMARTS) is 1. The molecule has 1 unspecified atom stereocenters. The zero-order valence-electron chi connectivity index (χ0n) is 10.5. The Bertz CT molecular complexity index is 663. The third-order valence-electron chi connectivity index (χ3n) is 2.70. The highest BCUT2D eigenvalue weighted by atomic mass is 35.5. The maximum Gasteiger partial charge on any atom is 0.305 e. The standard InChI is InChI=1S/C13H10ClFN2O3S/c14-8-2-1-7(3-9(8)15)10(4-12(18)19)17-13(20)11-5-21-6-16-11/h1-3,5-6,10H,4H2,(H,17,20)(H,18,19). The molecule has 0 bridgehead atoms. The van der Waals surface area contributed by atoms with Gasteiger partial charge in [-0.15, -0.1) is 11.3 Å². The first-order chi connectivity index (χ1) is 9.97. The predicted molar refractivity (Wildman–Crippen MR) is 76.0 cm³/mol. The zero-order valence-corrected chi connectivity index (χ0v) is 12.1. The highest BCUT2D eigenvalue weighted by Gasteiger charge is 2.20. The van der Waals surface area contributed by atoms with Crippen LogP contribution in [-0.4, -0.2) is 22.0 Å². The smallest absolute Gasteiger partial charge is 0.305 e. The van der Waals surface area contributed by atoms with Gasteiger partial charge in [0.25, 0.3) is 5.91 Å². The van der Waals surface area contributed by atoms with Crippen LogP contribution in [0.1, 0.15) is 28.5 Å². The van der Waals surface area contributed by atoms with E-state index < -0.39 is 23.7 Å². The molecule has 0 aliphatic rings. The van der Waals surface area contributed by atoms with Crippen LogP contribution >= 0.6 is 22.9 Å². The third kappa shape index (κ3) is 3.99. The summed E-state index contributed by atoms with van der Waals surface area (Å²) in [6.07, 6.45) is -0.378. The normalized spacial score (nSPS) is 11.9. The Balaban J connectivity index is 2.23. The molecule has 2 N–H and O–H groups in total. The van der Waals surface area contributed by atoms with E-state index in [1.165, 1.54) is 34.4 Å². The second-order valence-electron chi connectivity index (χ2n) is 4.17. The number of aromatic nitrogens is 1. The van der Waals surface area contributed by atoms with E-state index >= 15 is 0 Å². The number of nitrogens with zero attached hydrogens (tertiary/aromatic N) is 1. The van der Waals surface area contributed by atoms with Crippen LogP contribution in [0.15, 0.2) is 29.1 Å². The van der Waals surface area contributed by atoms with Crippen molar-refractivity contribution in [1.82, 2.24) is 10.3 Å². The van der Waals surface area contributed by atoms with Crippen molar-refractivity contribution in [2.45, 2.75) is 12.5 Å². The second-order valence-corrected chi connectivity index (χ2v) is 5.30. The van der Waals surface area contributed by atoms with Gasteiger partial charge in [-0.3, -0.25) is 9.59 Å². The van der Waals surface area contributed by atoms with Gasteiger partial charge in [-0.25, -0.2) is 9.37 Å². The maximum atomic E-state index is 13.5. The molecule has 8 heteroatoms. The SMILES string of the molecule is O=C(O)CC(NC(=O)c1cscn1)c1ccc(Cl)c(F)c1. The molecule has 2 rings (SSSR count). The molecule has 1 amide bonds. The van der Waals surface area contributed by atoms with Gasteiger partial charge in [-0.05, 0) is 17.7 Å². The van der Waals surface area contributed by atoms with Crippen LogP contribution in [0.3, 0.4) is 0 Å². The Kier molecular flexibility index (Phi) is 4.87. The second kappa shape index (κ2) is 6.64. The van der Waals surface area contributed by atoms with E-state index in [1.807, 2.05) is 0 Å². The summed E-state index contributed by atoms with van der Waals surface area (Å²) in [4.78, 5) is 26.7. The number of nitrogens with one attached hydrogen (secondary N) is 1. The number of carbonyl (C=O) groups is 2. The molecule has 0 fully saturated rings. The van der Waals surface area contributed by atoms with Crippen molar-refractivity contribution in [3.05, 3.63) is 51.2 Å². The van der Waals surface area contributed by atoms with Crippen LogP contribution in [-0.2, 0) is 4.79 Å². The largest absolute Gasteiger partial charge is 0.481 e. The first kappa shape index (κ1) is 15.4. The number of thiazole rings is 1. The number of aliphatic carboxylic acids is 1. The van der Waals surface area contributed by atoms with Gasteiger partial charge >= 0.3 is 5.97 Å². The number of benzene rings is 1. The maximum absolute atomic E-state index is 13.5. The van der Waals surface area contributed by atoms with Gasteiger partial charge in [0, 0.05) is 5.38 Å². The minimum Gasteiger partial charge on any atom is -0.481 e. The van der Waals surface area contributed by atoms with E-state index in [-0.39, 0.29) is 17.1 Å². The average Bonchev–Trinajstić information content (AvgIpc) is 2.94. The van der Waals surface area contributed by atoms with E-state index in [0.717, 1.165) is 6.07 Å². The Morgan fingerprint density at radius 3 is 2.81 bits per heavy atom. The fraction of sp³-hybridized carbons (Fsp3) is 0.154. The minimum atomic E-state index is -1.12. The van der Waals surface area contributed by atoms with Crippen LogP contribution in [0, 0.1) is 5.82 Å². The molecule has 1 atom stereocenters. The first-order valence-corrected chi connectivity index (χ1v) is 7.15. The number of halogens is 2. The Morgan fingerprint density at radius 2 is 2.24 bits per heavy atom. The summed E-state index contributed by atoms with van der Waals surface area (Å²) >= 11 is 6.83. The number of carboxylic acids is 1. The van der Waals surface area contributed by atoms with E-state index in [2.05, 4.69) is 10.3 Å². The van der Waals surface area contributed by atoms with Crippen LogP contribution in [0.5, 0.6) is 0 Å². The van der Waals surface area contributed by atoms with Crippen LogP contribution in [0.4, 0.5) is 4.39 Å². The van der Waals surface area contributed by atoms with E-state index in [4.69, 9.17) is 16.7 Å². The summed E-state index contributed by atoms with van der Waals surface area (Å²) in [6.45, 7) is 0. The summed E-state index contributed by atoms with van der Waals surface area (Å²) in [5, 5.41) is 12.9. The van der Waals surface area contributed by atoms with Gasteiger partial charge in [0.2, 0.25) is 0 Å². The van der Waals surface area contributed by atoms with Crippen LogP contribution < -0.4 is 5.32 Å². The average molecular weight is 329 g/mol. The van der Waals surface area contributed by atoms with Crippen LogP contribution in [0.25, 0.3) is 0 Å². The molecule has 1 aromatic heterocycles. The first-order valence-electron chi connectivity index (χ1n) is 5.83. The Labute approximate surface area is 128 Å². The lowest BCUT2D eigenvalue weighted by molar-refractivity contribution is -0.137. The molecule has 0 aliphatic heterocycles. The molecule has 1 heterocycles.